The molecule has 2 saturated heterocycles. The molecular formula is C16H17N7O7S. The van der Waals surface area contributed by atoms with Crippen LogP contribution in [0.15, 0.2) is 17.2 Å². The van der Waals surface area contributed by atoms with Crippen LogP contribution in [0.3, 0.4) is 0 Å². The molecule has 0 unspecified atom stereocenters. The molecular weight excluding hydrogens is 434 g/mol. The predicted octanol–water partition coefficient (Wildman–Crippen LogP) is -2.66. The summed E-state index contributed by atoms with van der Waals surface area (Å²) in [6.45, 7) is 1.68. The van der Waals surface area contributed by atoms with Gasteiger partial charge in [-0.3, -0.25) is 23.7 Å². The molecule has 2 fully saturated rings. The summed E-state index contributed by atoms with van der Waals surface area (Å²) in [5, 5.41) is 2.31. The topological polar surface area (TPSA) is 186 Å². The van der Waals surface area contributed by atoms with E-state index in [1.165, 1.54) is 6.20 Å². The van der Waals surface area contributed by atoms with Gasteiger partial charge in [0.2, 0.25) is 17.8 Å². The van der Waals surface area contributed by atoms with Crippen LogP contribution in [0.25, 0.3) is 11.0 Å². The van der Waals surface area contributed by atoms with Crippen molar-refractivity contribution in [2.24, 2.45) is 0 Å². The fourth-order valence-corrected chi connectivity index (χ4v) is 3.99. The van der Waals surface area contributed by atoms with Gasteiger partial charge in [0, 0.05) is 38.6 Å². The van der Waals surface area contributed by atoms with Crippen LogP contribution in [0.2, 0.25) is 0 Å². The Labute approximate surface area is 174 Å². The third-order valence-corrected chi connectivity index (χ3v) is 5.97. The van der Waals surface area contributed by atoms with Gasteiger partial charge in [0.05, 0.1) is 11.9 Å². The van der Waals surface area contributed by atoms with Crippen molar-refractivity contribution >= 4 is 45.5 Å². The van der Waals surface area contributed by atoms with Crippen molar-refractivity contribution < 1.29 is 27.4 Å². The summed E-state index contributed by atoms with van der Waals surface area (Å²) in [7, 11) is -4.68. The number of aromatic amines is 1. The van der Waals surface area contributed by atoms with Crippen molar-refractivity contribution in [3.05, 3.63) is 28.2 Å². The van der Waals surface area contributed by atoms with Crippen LogP contribution >= 0.6 is 0 Å². The minimum absolute atomic E-state index is 0.0578. The Bertz CT molecular complexity index is 1240. The molecule has 2 aliphatic rings. The molecule has 4 heterocycles. The maximum absolute atomic E-state index is 12.7. The number of hydrogen-bond donors (Lipinski definition) is 3. The number of β-lactam (4-membered cyclic amide) rings is 1. The zero-order valence-corrected chi connectivity index (χ0v) is 16.7. The lowest BCUT2D eigenvalue weighted by Crippen LogP contribution is -2.65. The molecule has 4 rings (SSSR count). The first kappa shape index (κ1) is 20.7. The maximum Gasteiger partial charge on any atom is 0.362 e. The van der Waals surface area contributed by atoms with Crippen molar-refractivity contribution in [3.63, 3.8) is 0 Å². The summed E-state index contributed by atoms with van der Waals surface area (Å²) in [6, 6.07) is -1.17. The zero-order chi connectivity index (χ0) is 22.3. The van der Waals surface area contributed by atoms with Crippen molar-refractivity contribution in [3.8, 4) is 0 Å². The second-order valence-corrected chi connectivity index (χ2v) is 8.30. The molecule has 1 atom stereocenters. The van der Waals surface area contributed by atoms with E-state index >= 15 is 0 Å². The number of anilines is 1. The first-order chi connectivity index (χ1) is 14.7. The van der Waals surface area contributed by atoms with Gasteiger partial charge in [0.15, 0.2) is 0 Å². The number of fused-ring (bicyclic) bond motifs is 1. The average Bonchev–Trinajstić information content (AvgIpc) is 2.75. The molecule has 164 valence electrons. The minimum Gasteiger partial charge on any atom is -0.345 e. The second kappa shape index (κ2) is 7.59. The van der Waals surface area contributed by atoms with E-state index in [4.69, 9.17) is 4.55 Å². The van der Waals surface area contributed by atoms with Gasteiger partial charge in [-0.05, 0) is 0 Å². The summed E-state index contributed by atoms with van der Waals surface area (Å²) < 4.78 is 31.0. The molecule has 15 heteroatoms. The summed E-state index contributed by atoms with van der Waals surface area (Å²) in [5.41, 5.74) is -0.759. The third-order valence-electron chi connectivity index (χ3n) is 5.09. The second-order valence-electron chi connectivity index (χ2n) is 6.97. The van der Waals surface area contributed by atoms with Crippen LogP contribution in [-0.2, 0) is 19.9 Å². The van der Waals surface area contributed by atoms with Crippen molar-refractivity contribution in [1.82, 2.24) is 29.5 Å². The quantitative estimate of drug-likeness (QED) is 0.246. The first-order valence-corrected chi connectivity index (χ1v) is 10.5. The summed E-state index contributed by atoms with van der Waals surface area (Å²) in [4.78, 5) is 62.4. The van der Waals surface area contributed by atoms with E-state index in [-0.39, 0.29) is 20.9 Å². The SMILES string of the molecule is O=CN1CCN(c2ncc3c(=O)c(C(=O)N[C@H]4CN(S(=O)(=O)O)C4=O)c[nH]c3n2)CC1. The number of carbonyl (C=O) groups is 3. The fraction of sp³-hybridized carbons (Fsp3) is 0.375. The van der Waals surface area contributed by atoms with Gasteiger partial charge in [0.25, 0.3) is 11.8 Å². The largest absolute Gasteiger partial charge is 0.362 e. The van der Waals surface area contributed by atoms with Gasteiger partial charge >= 0.3 is 10.3 Å². The van der Waals surface area contributed by atoms with Crippen LogP contribution in [0.4, 0.5) is 5.95 Å². The number of nitrogens with one attached hydrogen (secondary N) is 2. The number of nitrogens with zero attached hydrogens (tertiary/aromatic N) is 5. The lowest BCUT2D eigenvalue weighted by atomic mass is 10.1. The zero-order valence-electron chi connectivity index (χ0n) is 15.9. The van der Waals surface area contributed by atoms with E-state index in [1.54, 1.807) is 4.90 Å². The smallest absolute Gasteiger partial charge is 0.345 e. The number of hydrogen-bond acceptors (Lipinski definition) is 9. The Balaban J connectivity index is 1.51. The highest BCUT2D eigenvalue weighted by atomic mass is 32.2. The maximum atomic E-state index is 12.7. The van der Waals surface area contributed by atoms with E-state index in [2.05, 4.69) is 20.3 Å². The Morgan fingerprint density at radius 1 is 1.26 bits per heavy atom. The molecule has 3 N–H and O–H groups in total. The van der Waals surface area contributed by atoms with Crippen LogP contribution in [-0.4, -0.2) is 94.1 Å². The lowest BCUT2D eigenvalue weighted by molar-refractivity contribution is -0.136. The number of aromatic nitrogens is 3. The van der Waals surface area contributed by atoms with Crippen molar-refractivity contribution in [1.29, 1.82) is 0 Å². The molecule has 31 heavy (non-hydrogen) atoms. The van der Waals surface area contributed by atoms with E-state index in [9.17, 15) is 27.6 Å². The Morgan fingerprint density at radius 2 is 1.97 bits per heavy atom. The molecule has 0 saturated carbocycles. The molecule has 0 bridgehead atoms. The number of rotatable bonds is 5. The van der Waals surface area contributed by atoms with E-state index < -0.39 is 40.1 Å². The van der Waals surface area contributed by atoms with Gasteiger partial charge in [-0.1, -0.05) is 0 Å². The highest BCUT2D eigenvalue weighted by Gasteiger charge is 2.44. The number of H-pyrrole nitrogens is 1. The van der Waals surface area contributed by atoms with Gasteiger partial charge in [-0.15, -0.1) is 0 Å². The minimum atomic E-state index is -4.68. The van der Waals surface area contributed by atoms with Gasteiger partial charge < -0.3 is 20.1 Å². The molecule has 0 radical (unpaired) electrons. The highest BCUT2D eigenvalue weighted by Crippen LogP contribution is 2.16. The van der Waals surface area contributed by atoms with Gasteiger partial charge in [-0.2, -0.15) is 13.4 Å². The van der Waals surface area contributed by atoms with E-state index in [0.717, 1.165) is 12.6 Å². The molecule has 0 aromatic carbocycles. The summed E-state index contributed by atoms with van der Waals surface area (Å²) in [6.07, 6.45) is 3.21. The summed E-state index contributed by atoms with van der Waals surface area (Å²) >= 11 is 0. The van der Waals surface area contributed by atoms with Crippen LogP contribution in [0.1, 0.15) is 10.4 Å². The van der Waals surface area contributed by atoms with Crippen molar-refractivity contribution in [2.75, 3.05) is 37.6 Å². The number of carbonyl (C=O) groups excluding carboxylic acids is 3. The van der Waals surface area contributed by atoms with Crippen LogP contribution in [0, 0.1) is 0 Å². The average molecular weight is 451 g/mol. The van der Waals surface area contributed by atoms with Gasteiger partial charge in [0.1, 0.15) is 17.3 Å². The molecule has 2 aliphatic heterocycles. The van der Waals surface area contributed by atoms with Gasteiger partial charge in [-0.25, -0.2) is 9.29 Å². The molecule has 2 aromatic heterocycles. The predicted molar refractivity (Wildman–Crippen MR) is 105 cm³/mol. The fourth-order valence-electron chi connectivity index (χ4n) is 3.29. The van der Waals surface area contributed by atoms with E-state index in [1.807, 2.05) is 4.90 Å². The molecule has 0 spiro atoms. The molecule has 3 amide bonds. The van der Waals surface area contributed by atoms with Crippen LogP contribution < -0.4 is 15.6 Å². The Morgan fingerprint density at radius 3 is 2.58 bits per heavy atom. The van der Waals surface area contributed by atoms with Crippen LogP contribution in [0.5, 0.6) is 0 Å². The molecule has 14 nitrogen and oxygen atoms in total. The normalized spacial score (nSPS) is 19.3. The number of piperazine rings is 1. The molecule has 0 aliphatic carbocycles. The number of amides is 3. The third kappa shape index (κ3) is 3.79. The molecule has 2 aromatic rings. The monoisotopic (exact) mass is 451 g/mol. The standard InChI is InChI=1S/C16H17N7O7S/c24-8-21-1-3-22(4-2-21)16-18-5-9-12(25)10(6-17-13(9)20-16)14(26)19-11-7-23(15(11)27)31(28,29)30/h5-6,8,11H,1-4,7H2,(H,19,26)(H,28,29,30)(H,17,18,20,25)/t11-/m0/s1. The Hall–Kier alpha value is -3.59. The van der Waals surface area contributed by atoms with E-state index in [0.29, 0.717) is 32.1 Å². The number of pyridine rings is 1. The first-order valence-electron chi connectivity index (χ1n) is 9.11. The van der Waals surface area contributed by atoms with Crippen molar-refractivity contribution in [2.45, 2.75) is 6.04 Å². The Kier molecular flexibility index (Phi) is 5.06. The summed E-state index contributed by atoms with van der Waals surface area (Å²) in [5.74, 6) is -1.52. The lowest BCUT2D eigenvalue weighted by Gasteiger charge is -2.35. The highest BCUT2D eigenvalue weighted by molar-refractivity contribution is 7.84.